The van der Waals surface area contributed by atoms with Gasteiger partial charge in [0.25, 0.3) is 0 Å². The summed E-state index contributed by atoms with van der Waals surface area (Å²) in [7, 11) is 1.86. The maximum absolute atomic E-state index is 6.05. The molecule has 0 bridgehead atoms. The maximum Gasteiger partial charge on any atom is 0.193 e. The molecular weight excluding hydrogens is 290 g/mol. The van der Waals surface area contributed by atoms with Crippen molar-refractivity contribution in [3.63, 3.8) is 0 Å². The molecule has 1 aromatic carbocycles. The second kappa shape index (κ2) is 7.21. The zero-order chi connectivity index (χ0) is 16.1. The number of likely N-dealkylation sites (tertiary alicyclic amines) is 1. The van der Waals surface area contributed by atoms with Crippen LogP contribution in [0.4, 0.5) is 0 Å². The highest BCUT2D eigenvalue weighted by atomic mass is 16.5. The lowest BCUT2D eigenvalue weighted by atomic mass is 9.89. The first-order valence-corrected chi connectivity index (χ1v) is 8.44. The summed E-state index contributed by atoms with van der Waals surface area (Å²) >= 11 is 0. The molecule has 0 aromatic heterocycles. The first-order valence-electron chi connectivity index (χ1n) is 8.44. The number of aliphatic imine (C=N–C) groups is 1. The predicted octanol–water partition coefficient (Wildman–Crippen LogP) is 2.14. The molecule has 2 saturated heterocycles. The minimum Gasteiger partial charge on any atom is -0.490 e. The van der Waals surface area contributed by atoms with Crippen LogP contribution in [-0.4, -0.2) is 56.9 Å². The lowest BCUT2D eigenvalue weighted by Gasteiger charge is -2.40. The summed E-state index contributed by atoms with van der Waals surface area (Å²) < 4.78 is 11.4. The molecule has 23 heavy (non-hydrogen) atoms. The van der Waals surface area contributed by atoms with Gasteiger partial charge in [0.1, 0.15) is 11.9 Å². The summed E-state index contributed by atoms with van der Waals surface area (Å²) in [5.41, 5.74) is 0.255. The number of benzene rings is 1. The van der Waals surface area contributed by atoms with Crippen LogP contribution in [0.3, 0.4) is 0 Å². The van der Waals surface area contributed by atoms with Crippen LogP contribution in [0.2, 0.25) is 0 Å². The summed E-state index contributed by atoms with van der Waals surface area (Å²) in [6.45, 7) is 6.79. The molecule has 5 nitrogen and oxygen atoms in total. The predicted molar refractivity (Wildman–Crippen MR) is 92.0 cm³/mol. The van der Waals surface area contributed by atoms with E-state index in [1.807, 2.05) is 37.4 Å². The Hall–Kier alpha value is -1.75. The molecule has 0 saturated carbocycles. The van der Waals surface area contributed by atoms with Crippen LogP contribution in [0.15, 0.2) is 35.3 Å². The van der Waals surface area contributed by atoms with E-state index in [0.717, 1.165) is 57.4 Å². The number of guanidine groups is 1. The Morgan fingerprint density at radius 3 is 2.57 bits per heavy atom. The summed E-state index contributed by atoms with van der Waals surface area (Å²) in [5, 5.41) is 3.50. The third-order valence-electron chi connectivity index (χ3n) is 4.57. The van der Waals surface area contributed by atoms with Crippen molar-refractivity contribution in [1.29, 1.82) is 0 Å². The maximum atomic E-state index is 6.05. The number of nitrogens with one attached hydrogen (secondary N) is 1. The minimum absolute atomic E-state index is 0.255. The van der Waals surface area contributed by atoms with Gasteiger partial charge in [0.2, 0.25) is 0 Å². The van der Waals surface area contributed by atoms with Crippen molar-refractivity contribution in [2.75, 3.05) is 39.9 Å². The Balaban J connectivity index is 1.45. The summed E-state index contributed by atoms with van der Waals surface area (Å²) in [5.74, 6) is 1.96. The fraction of sp³-hybridized carbons (Fsp3) is 0.611. The Labute approximate surface area is 138 Å². The van der Waals surface area contributed by atoms with E-state index in [0.29, 0.717) is 6.10 Å². The number of rotatable bonds is 4. The molecule has 3 rings (SSSR count). The molecule has 1 N–H and O–H groups in total. The second-order valence-corrected chi connectivity index (χ2v) is 6.82. The van der Waals surface area contributed by atoms with Crippen molar-refractivity contribution in [2.24, 2.45) is 10.4 Å². The van der Waals surface area contributed by atoms with Crippen LogP contribution in [0.5, 0.6) is 5.75 Å². The van der Waals surface area contributed by atoms with Gasteiger partial charge in [-0.15, -0.1) is 0 Å². The molecule has 0 radical (unpaired) electrons. The zero-order valence-electron chi connectivity index (χ0n) is 14.1. The topological polar surface area (TPSA) is 46.1 Å². The second-order valence-electron chi connectivity index (χ2n) is 6.82. The van der Waals surface area contributed by atoms with Crippen molar-refractivity contribution < 1.29 is 9.47 Å². The van der Waals surface area contributed by atoms with E-state index in [-0.39, 0.29) is 5.41 Å². The van der Waals surface area contributed by atoms with Gasteiger partial charge in [0, 0.05) is 44.9 Å². The van der Waals surface area contributed by atoms with Crippen LogP contribution < -0.4 is 10.1 Å². The van der Waals surface area contributed by atoms with Gasteiger partial charge in [0.05, 0.1) is 13.2 Å². The van der Waals surface area contributed by atoms with E-state index in [9.17, 15) is 0 Å². The monoisotopic (exact) mass is 317 g/mol. The standard InChI is InChI=1S/C18H27N3O2/c1-18(13-22-14-18)12-20-17(19-2)21-10-8-16(9-11-21)23-15-6-4-3-5-7-15/h3-7,16H,8-14H2,1-2H3,(H,19,20). The third-order valence-corrected chi connectivity index (χ3v) is 4.57. The van der Waals surface area contributed by atoms with Crippen LogP contribution in [-0.2, 0) is 4.74 Å². The molecule has 126 valence electrons. The van der Waals surface area contributed by atoms with Crippen molar-refractivity contribution in [3.8, 4) is 5.75 Å². The van der Waals surface area contributed by atoms with E-state index in [2.05, 4.69) is 22.1 Å². The minimum atomic E-state index is 0.255. The fourth-order valence-electron chi connectivity index (χ4n) is 3.05. The van der Waals surface area contributed by atoms with Gasteiger partial charge in [-0.1, -0.05) is 25.1 Å². The van der Waals surface area contributed by atoms with Gasteiger partial charge in [-0.3, -0.25) is 4.99 Å². The fourth-order valence-corrected chi connectivity index (χ4v) is 3.05. The Morgan fingerprint density at radius 1 is 1.30 bits per heavy atom. The van der Waals surface area contributed by atoms with Crippen molar-refractivity contribution in [3.05, 3.63) is 30.3 Å². The molecule has 0 amide bonds. The molecule has 0 unspecified atom stereocenters. The number of ether oxygens (including phenoxy) is 2. The highest BCUT2D eigenvalue weighted by Crippen LogP contribution is 2.25. The Bertz CT molecular complexity index is 520. The molecular formula is C18H27N3O2. The number of piperidine rings is 1. The van der Waals surface area contributed by atoms with E-state index in [1.165, 1.54) is 0 Å². The molecule has 0 spiro atoms. The first kappa shape index (κ1) is 16.1. The number of hydrogen-bond donors (Lipinski definition) is 1. The Morgan fingerprint density at radius 2 is 2.00 bits per heavy atom. The molecule has 2 fully saturated rings. The number of para-hydroxylation sites is 1. The normalized spacial score (nSPS) is 21.7. The van der Waals surface area contributed by atoms with Gasteiger partial charge >= 0.3 is 0 Å². The number of hydrogen-bond acceptors (Lipinski definition) is 3. The van der Waals surface area contributed by atoms with E-state index < -0.39 is 0 Å². The van der Waals surface area contributed by atoms with E-state index in [4.69, 9.17) is 9.47 Å². The average Bonchev–Trinajstić information content (AvgIpc) is 2.56. The number of nitrogens with zero attached hydrogens (tertiary/aromatic N) is 2. The van der Waals surface area contributed by atoms with Crippen molar-refractivity contribution >= 4 is 5.96 Å². The van der Waals surface area contributed by atoms with Crippen LogP contribution in [0.25, 0.3) is 0 Å². The molecule has 0 aliphatic carbocycles. The van der Waals surface area contributed by atoms with Crippen LogP contribution in [0, 0.1) is 5.41 Å². The highest BCUT2D eigenvalue weighted by molar-refractivity contribution is 5.80. The van der Waals surface area contributed by atoms with Crippen molar-refractivity contribution in [2.45, 2.75) is 25.9 Å². The van der Waals surface area contributed by atoms with Gasteiger partial charge in [-0.2, -0.15) is 0 Å². The van der Waals surface area contributed by atoms with Gasteiger partial charge < -0.3 is 19.7 Å². The lowest BCUT2D eigenvalue weighted by molar-refractivity contribution is -0.0973. The van der Waals surface area contributed by atoms with Gasteiger partial charge in [-0.05, 0) is 12.1 Å². The lowest BCUT2D eigenvalue weighted by Crippen LogP contribution is -2.53. The molecule has 5 heteroatoms. The largest absolute Gasteiger partial charge is 0.490 e. The van der Waals surface area contributed by atoms with Crippen molar-refractivity contribution in [1.82, 2.24) is 10.2 Å². The Kier molecular flexibility index (Phi) is 5.06. The summed E-state index contributed by atoms with van der Waals surface area (Å²) in [6, 6.07) is 10.1. The highest BCUT2D eigenvalue weighted by Gasteiger charge is 2.34. The first-order chi connectivity index (χ1) is 11.2. The molecule has 2 aliphatic rings. The van der Waals surface area contributed by atoms with Crippen LogP contribution >= 0.6 is 0 Å². The molecule has 2 heterocycles. The third kappa shape index (κ3) is 4.16. The quantitative estimate of drug-likeness (QED) is 0.683. The van der Waals surface area contributed by atoms with Gasteiger partial charge in [-0.25, -0.2) is 0 Å². The van der Waals surface area contributed by atoms with Gasteiger partial charge in [0.15, 0.2) is 5.96 Å². The smallest absolute Gasteiger partial charge is 0.193 e. The van der Waals surface area contributed by atoms with E-state index in [1.54, 1.807) is 0 Å². The zero-order valence-corrected chi connectivity index (χ0v) is 14.1. The molecule has 1 aromatic rings. The summed E-state index contributed by atoms with van der Waals surface area (Å²) in [4.78, 5) is 6.76. The molecule has 2 aliphatic heterocycles. The SMILES string of the molecule is CN=C(NCC1(C)COC1)N1CCC(Oc2ccccc2)CC1. The van der Waals surface area contributed by atoms with E-state index >= 15 is 0 Å². The average molecular weight is 317 g/mol. The summed E-state index contributed by atoms with van der Waals surface area (Å²) in [6.07, 6.45) is 2.34. The molecule has 0 atom stereocenters. The van der Waals surface area contributed by atoms with Crippen LogP contribution in [0.1, 0.15) is 19.8 Å².